The number of carbonyl (C=O) groups excluding carboxylic acids is 2. The van der Waals surface area contributed by atoms with Gasteiger partial charge in [-0.25, -0.2) is 17.6 Å². The molecule has 27 heavy (non-hydrogen) atoms. The van der Waals surface area contributed by atoms with Crippen LogP contribution in [0.5, 0.6) is 0 Å². The van der Waals surface area contributed by atoms with Gasteiger partial charge in [-0.1, -0.05) is 6.07 Å². The van der Waals surface area contributed by atoms with E-state index in [-0.39, 0.29) is 24.5 Å². The molecule has 0 bridgehead atoms. The molecule has 1 aromatic carbocycles. The van der Waals surface area contributed by atoms with Gasteiger partial charge in [0, 0.05) is 5.54 Å². The maximum atomic E-state index is 13.3. The number of rotatable bonds is 4. The fourth-order valence-corrected chi connectivity index (χ4v) is 4.24. The summed E-state index contributed by atoms with van der Waals surface area (Å²) in [5, 5.41) is 4.91. The monoisotopic (exact) mass is 401 g/mol. The summed E-state index contributed by atoms with van der Waals surface area (Å²) in [6.07, 6.45) is 0. The van der Waals surface area contributed by atoms with Crippen molar-refractivity contribution in [3.05, 3.63) is 30.1 Å². The molecule has 1 saturated heterocycles. The molecule has 0 aromatic heterocycles. The first-order chi connectivity index (χ1) is 12.5. The number of sulfonamides is 1. The van der Waals surface area contributed by atoms with Gasteiger partial charge in [0.1, 0.15) is 5.82 Å². The molecule has 1 aliphatic rings. The van der Waals surface area contributed by atoms with E-state index in [1.807, 2.05) is 0 Å². The van der Waals surface area contributed by atoms with Crippen molar-refractivity contribution in [1.82, 2.24) is 14.9 Å². The Balaban J connectivity index is 1.86. The molecule has 1 heterocycles. The van der Waals surface area contributed by atoms with E-state index in [0.717, 1.165) is 11.0 Å². The predicted octanol–water partition coefficient (Wildman–Crippen LogP) is -0.661. The Bertz CT molecular complexity index is 799. The molecular weight excluding hydrogens is 375 g/mol. The van der Waals surface area contributed by atoms with Crippen LogP contribution in [0.4, 0.5) is 9.18 Å². The van der Waals surface area contributed by atoms with E-state index in [1.54, 1.807) is 20.8 Å². The lowest BCUT2D eigenvalue weighted by atomic mass is 10.1. The molecule has 0 aliphatic carbocycles. The van der Waals surface area contributed by atoms with E-state index in [9.17, 15) is 22.4 Å². The van der Waals surface area contributed by atoms with Gasteiger partial charge in [0.25, 0.3) is 5.91 Å². The van der Waals surface area contributed by atoms with E-state index in [1.165, 1.54) is 22.5 Å². The van der Waals surface area contributed by atoms with Crippen LogP contribution in [0.15, 0.2) is 29.2 Å². The van der Waals surface area contributed by atoms with Crippen molar-refractivity contribution in [3.63, 3.8) is 0 Å². The second kappa shape index (κ2) is 8.32. The van der Waals surface area contributed by atoms with Crippen molar-refractivity contribution in [3.8, 4) is 0 Å². The van der Waals surface area contributed by atoms with Crippen molar-refractivity contribution >= 4 is 22.0 Å². The van der Waals surface area contributed by atoms with Gasteiger partial charge in [0.05, 0.1) is 31.1 Å². The minimum Gasteiger partial charge on any atom is -0.333 e. The lowest BCUT2D eigenvalue weighted by Gasteiger charge is -2.31. The van der Waals surface area contributed by atoms with Crippen LogP contribution in [-0.4, -0.2) is 62.9 Å². The zero-order valence-corrected chi connectivity index (χ0v) is 16.5. The minimum atomic E-state index is -3.76. The molecule has 0 saturated carbocycles. The number of hydrogen-bond acceptors (Lipinski definition) is 4. The molecule has 10 heteroatoms. The minimum absolute atomic E-state index is 0.0748. The number of amides is 3. The molecule has 1 fully saturated rings. The highest BCUT2D eigenvalue weighted by Gasteiger charge is 2.31. The fourth-order valence-electron chi connectivity index (χ4n) is 2.77. The number of benzene rings is 1. The van der Waals surface area contributed by atoms with Crippen molar-refractivity contribution in [2.75, 3.05) is 32.7 Å². The Kier molecular flexibility index (Phi) is 6.55. The zero-order chi connectivity index (χ0) is 20.2. The number of nitrogens with zero attached hydrogens (tertiary/aromatic N) is 1. The van der Waals surface area contributed by atoms with Crippen LogP contribution in [0.1, 0.15) is 20.8 Å². The molecule has 0 radical (unpaired) electrons. The van der Waals surface area contributed by atoms with Crippen molar-refractivity contribution in [2.24, 2.45) is 0 Å². The van der Waals surface area contributed by atoms with Gasteiger partial charge in [0.15, 0.2) is 6.54 Å². The summed E-state index contributed by atoms with van der Waals surface area (Å²) in [5.41, 5.74) is -0.450. The molecule has 2 rings (SSSR count). The number of urea groups is 1. The lowest BCUT2D eigenvalue weighted by molar-refractivity contribution is -0.895. The molecule has 0 atom stereocenters. The molecule has 1 aliphatic heterocycles. The second-order valence-corrected chi connectivity index (χ2v) is 9.48. The molecule has 150 valence electrons. The van der Waals surface area contributed by atoms with Gasteiger partial charge < -0.3 is 10.2 Å². The predicted molar refractivity (Wildman–Crippen MR) is 97.1 cm³/mol. The fraction of sp³-hybridized carbons (Fsp3) is 0.529. The van der Waals surface area contributed by atoms with Crippen LogP contribution >= 0.6 is 0 Å². The number of piperazine rings is 1. The molecular formula is C17H26FN4O4S+. The number of hydrogen-bond donors (Lipinski definition) is 3. The first-order valence-corrected chi connectivity index (χ1v) is 10.1. The van der Waals surface area contributed by atoms with E-state index >= 15 is 0 Å². The number of quaternary nitrogens is 1. The SMILES string of the molecule is CC(C)(C)NC(=O)NC(=O)C[NH+]1CCN(S(=O)(=O)c2cccc(F)c2)CC1. The van der Waals surface area contributed by atoms with E-state index in [2.05, 4.69) is 10.6 Å². The van der Waals surface area contributed by atoms with E-state index in [4.69, 9.17) is 0 Å². The summed E-state index contributed by atoms with van der Waals surface area (Å²) >= 11 is 0. The summed E-state index contributed by atoms with van der Waals surface area (Å²) in [7, 11) is -3.76. The molecule has 8 nitrogen and oxygen atoms in total. The maximum Gasteiger partial charge on any atom is 0.322 e. The standard InChI is InChI=1S/C17H25FN4O4S/c1-17(2,3)20-16(24)19-15(23)12-21-7-9-22(10-8-21)27(25,26)14-6-4-5-13(18)11-14/h4-6,11H,7-10,12H2,1-3H3,(H2,19,20,23,24)/p+1. The van der Waals surface area contributed by atoms with Crippen molar-refractivity contribution in [2.45, 2.75) is 31.2 Å². The molecule has 3 amide bonds. The Morgan fingerprint density at radius 1 is 1.22 bits per heavy atom. The Morgan fingerprint density at radius 2 is 1.85 bits per heavy atom. The van der Waals surface area contributed by atoms with E-state index in [0.29, 0.717) is 13.1 Å². The van der Waals surface area contributed by atoms with Gasteiger partial charge in [0.2, 0.25) is 10.0 Å². The average Bonchev–Trinajstić information content (AvgIpc) is 2.53. The number of imide groups is 1. The zero-order valence-electron chi connectivity index (χ0n) is 15.7. The average molecular weight is 401 g/mol. The van der Waals surface area contributed by atoms with Crippen molar-refractivity contribution < 1.29 is 27.3 Å². The van der Waals surface area contributed by atoms with Crippen LogP contribution in [-0.2, 0) is 14.8 Å². The summed E-state index contributed by atoms with van der Waals surface area (Å²) in [6.45, 7) is 6.77. The first-order valence-electron chi connectivity index (χ1n) is 8.69. The van der Waals surface area contributed by atoms with Gasteiger partial charge >= 0.3 is 6.03 Å². The highest BCUT2D eigenvalue weighted by Crippen LogP contribution is 2.16. The smallest absolute Gasteiger partial charge is 0.322 e. The normalized spacial score (nSPS) is 16.7. The Morgan fingerprint density at radius 3 is 2.41 bits per heavy atom. The number of halogens is 1. The third-order valence-corrected chi connectivity index (χ3v) is 5.91. The first kappa shape index (κ1) is 21.3. The highest BCUT2D eigenvalue weighted by molar-refractivity contribution is 7.89. The summed E-state index contributed by atoms with van der Waals surface area (Å²) in [5.74, 6) is -1.03. The van der Waals surface area contributed by atoms with Crippen LogP contribution in [0, 0.1) is 5.82 Å². The van der Waals surface area contributed by atoms with Crippen LogP contribution in [0.2, 0.25) is 0 Å². The highest BCUT2D eigenvalue weighted by atomic mass is 32.2. The third kappa shape index (κ3) is 6.26. The van der Waals surface area contributed by atoms with Gasteiger partial charge in [-0.05, 0) is 39.0 Å². The quantitative estimate of drug-likeness (QED) is 0.624. The molecule has 3 N–H and O–H groups in total. The van der Waals surface area contributed by atoms with Gasteiger partial charge in [-0.15, -0.1) is 0 Å². The third-order valence-electron chi connectivity index (χ3n) is 4.02. The maximum absolute atomic E-state index is 13.3. The van der Waals surface area contributed by atoms with Crippen LogP contribution in [0.3, 0.4) is 0 Å². The van der Waals surface area contributed by atoms with Gasteiger partial charge in [-0.2, -0.15) is 4.31 Å². The topological polar surface area (TPSA) is 100 Å². The molecule has 1 aromatic rings. The van der Waals surface area contributed by atoms with Crippen LogP contribution in [0.25, 0.3) is 0 Å². The largest absolute Gasteiger partial charge is 0.333 e. The van der Waals surface area contributed by atoms with Crippen LogP contribution < -0.4 is 15.5 Å². The van der Waals surface area contributed by atoms with E-state index < -0.39 is 33.3 Å². The molecule has 0 unspecified atom stereocenters. The van der Waals surface area contributed by atoms with Crippen molar-refractivity contribution in [1.29, 1.82) is 0 Å². The Labute approximate surface area is 158 Å². The summed E-state index contributed by atoms with van der Waals surface area (Å²) < 4.78 is 39.7. The number of nitrogens with one attached hydrogen (secondary N) is 3. The second-order valence-electron chi connectivity index (χ2n) is 7.54. The van der Waals surface area contributed by atoms with Gasteiger partial charge in [-0.3, -0.25) is 10.1 Å². The molecule has 0 spiro atoms. The Hall–Kier alpha value is -2.04. The summed E-state index contributed by atoms with van der Waals surface area (Å²) in [4.78, 5) is 24.5. The lowest BCUT2D eigenvalue weighted by Crippen LogP contribution is -3.15. The summed E-state index contributed by atoms with van der Waals surface area (Å²) in [6, 6.07) is 4.35. The number of carbonyl (C=O) groups is 2.